The Morgan fingerprint density at radius 1 is 1.50 bits per heavy atom. The van der Waals surface area contributed by atoms with Gasteiger partial charge >= 0.3 is 0 Å². The number of halogens is 2. The molecular weight excluding hydrogens is 207 g/mol. The summed E-state index contributed by atoms with van der Waals surface area (Å²) in [5.74, 6) is 0.235. The van der Waals surface area contributed by atoms with Crippen LogP contribution in [0.5, 0.6) is 5.75 Å². The highest BCUT2D eigenvalue weighted by Gasteiger charge is 2.10. The van der Waals surface area contributed by atoms with Crippen LogP contribution in [0.2, 0.25) is 0 Å². The van der Waals surface area contributed by atoms with Gasteiger partial charge in [0.25, 0.3) is 0 Å². The van der Waals surface area contributed by atoms with Gasteiger partial charge in [-0.25, -0.2) is 4.39 Å². The average Bonchev–Trinajstić information content (AvgIpc) is 2.16. The SMILES string of the molecule is COc1ccc(F)cc1[C@H](N)CN.Cl. The van der Waals surface area contributed by atoms with Crippen molar-refractivity contribution in [1.82, 2.24) is 0 Å². The van der Waals surface area contributed by atoms with Crippen LogP contribution < -0.4 is 16.2 Å². The van der Waals surface area contributed by atoms with Crippen molar-refractivity contribution in [2.75, 3.05) is 13.7 Å². The molecule has 80 valence electrons. The topological polar surface area (TPSA) is 61.3 Å². The van der Waals surface area contributed by atoms with E-state index in [2.05, 4.69) is 0 Å². The van der Waals surface area contributed by atoms with Gasteiger partial charge < -0.3 is 16.2 Å². The molecule has 4 N–H and O–H groups in total. The molecule has 0 unspecified atom stereocenters. The van der Waals surface area contributed by atoms with Gasteiger partial charge in [0.2, 0.25) is 0 Å². The van der Waals surface area contributed by atoms with Crippen LogP contribution in [0.3, 0.4) is 0 Å². The first-order valence-corrected chi connectivity index (χ1v) is 3.98. The monoisotopic (exact) mass is 220 g/mol. The predicted molar refractivity (Wildman–Crippen MR) is 56.2 cm³/mol. The normalized spacial score (nSPS) is 11.7. The van der Waals surface area contributed by atoms with E-state index in [0.29, 0.717) is 11.3 Å². The Bertz CT molecular complexity index is 296. The summed E-state index contributed by atoms with van der Waals surface area (Å²) in [6.07, 6.45) is 0. The molecule has 0 aliphatic carbocycles. The Labute approximate surface area is 88.6 Å². The van der Waals surface area contributed by atoms with Crippen molar-refractivity contribution < 1.29 is 9.13 Å². The van der Waals surface area contributed by atoms with Crippen molar-refractivity contribution in [2.45, 2.75) is 6.04 Å². The lowest BCUT2D eigenvalue weighted by Crippen LogP contribution is -2.21. The summed E-state index contributed by atoms with van der Waals surface area (Å²) in [6, 6.07) is 3.83. The molecule has 0 aliphatic heterocycles. The van der Waals surface area contributed by atoms with Crippen molar-refractivity contribution in [2.24, 2.45) is 11.5 Å². The molecular formula is C9H14ClFN2O. The van der Waals surface area contributed by atoms with E-state index in [9.17, 15) is 4.39 Å². The second-order valence-corrected chi connectivity index (χ2v) is 2.73. The van der Waals surface area contributed by atoms with E-state index < -0.39 is 0 Å². The fourth-order valence-corrected chi connectivity index (χ4v) is 1.12. The highest BCUT2D eigenvalue weighted by molar-refractivity contribution is 5.85. The van der Waals surface area contributed by atoms with Crippen molar-refractivity contribution in [3.8, 4) is 5.75 Å². The molecule has 14 heavy (non-hydrogen) atoms. The van der Waals surface area contributed by atoms with Gasteiger partial charge in [-0.15, -0.1) is 12.4 Å². The lowest BCUT2D eigenvalue weighted by atomic mass is 10.1. The molecule has 1 aromatic rings. The fraction of sp³-hybridized carbons (Fsp3) is 0.333. The predicted octanol–water partition coefficient (Wildman–Crippen LogP) is 1.21. The van der Waals surface area contributed by atoms with Crippen LogP contribution in [-0.4, -0.2) is 13.7 Å². The standard InChI is InChI=1S/C9H13FN2O.ClH/c1-13-9-3-2-6(10)4-7(9)8(12)5-11;/h2-4,8H,5,11-12H2,1H3;1H/t8-;/m1./s1. The Hall–Kier alpha value is -0.840. The average molecular weight is 221 g/mol. The highest BCUT2D eigenvalue weighted by atomic mass is 35.5. The van der Waals surface area contributed by atoms with Crippen LogP contribution in [0.1, 0.15) is 11.6 Å². The molecule has 0 saturated carbocycles. The number of rotatable bonds is 3. The van der Waals surface area contributed by atoms with Gasteiger partial charge in [0.05, 0.1) is 7.11 Å². The zero-order chi connectivity index (χ0) is 9.84. The summed E-state index contributed by atoms with van der Waals surface area (Å²) in [5.41, 5.74) is 11.6. The minimum absolute atomic E-state index is 0. The van der Waals surface area contributed by atoms with Gasteiger partial charge in [-0.3, -0.25) is 0 Å². The number of benzene rings is 1. The number of hydrogen-bond acceptors (Lipinski definition) is 3. The number of hydrogen-bond donors (Lipinski definition) is 2. The first kappa shape index (κ1) is 13.2. The van der Waals surface area contributed by atoms with Crippen molar-refractivity contribution in [1.29, 1.82) is 0 Å². The molecule has 3 nitrogen and oxygen atoms in total. The molecule has 1 atom stereocenters. The van der Waals surface area contributed by atoms with Crippen LogP contribution in [0.15, 0.2) is 18.2 Å². The van der Waals surface area contributed by atoms with E-state index in [-0.39, 0.29) is 30.8 Å². The fourth-order valence-electron chi connectivity index (χ4n) is 1.12. The van der Waals surface area contributed by atoms with E-state index in [1.165, 1.54) is 19.2 Å². The maximum absolute atomic E-state index is 12.8. The molecule has 0 bridgehead atoms. The largest absolute Gasteiger partial charge is 0.496 e. The number of methoxy groups -OCH3 is 1. The lowest BCUT2D eigenvalue weighted by Gasteiger charge is -2.13. The first-order chi connectivity index (χ1) is 6.19. The molecule has 0 radical (unpaired) electrons. The second kappa shape index (κ2) is 5.80. The van der Waals surface area contributed by atoms with Crippen LogP contribution >= 0.6 is 12.4 Å². The van der Waals surface area contributed by atoms with Crippen LogP contribution in [0.25, 0.3) is 0 Å². The van der Waals surface area contributed by atoms with Crippen molar-refractivity contribution in [3.63, 3.8) is 0 Å². The summed E-state index contributed by atoms with van der Waals surface area (Å²) < 4.78 is 17.8. The minimum atomic E-state index is -0.384. The van der Waals surface area contributed by atoms with Gasteiger partial charge in [0, 0.05) is 18.2 Å². The Morgan fingerprint density at radius 3 is 2.64 bits per heavy atom. The molecule has 0 saturated heterocycles. The Morgan fingerprint density at radius 2 is 2.14 bits per heavy atom. The minimum Gasteiger partial charge on any atom is -0.496 e. The summed E-state index contributed by atoms with van der Waals surface area (Å²) in [6.45, 7) is 0.264. The highest BCUT2D eigenvalue weighted by Crippen LogP contribution is 2.23. The number of nitrogens with two attached hydrogens (primary N) is 2. The summed E-state index contributed by atoms with van der Waals surface area (Å²) in [4.78, 5) is 0. The van der Waals surface area contributed by atoms with Gasteiger partial charge in [-0.2, -0.15) is 0 Å². The van der Waals surface area contributed by atoms with Crippen LogP contribution in [0, 0.1) is 5.82 Å². The van der Waals surface area contributed by atoms with Crippen LogP contribution in [-0.2, 0) is 0 Å². The molecule has 0 aliphatic rings. The van der Waals surface area contributed by atoms with Crippen molar-refractivity contribution >= 4 is 12.4 Å². The number of ether oxygens (including phenoxy) is 1. The van der Waals surface area contributed by atoms with Gasteiger partial charge in [0.15, 0.2) is 0 Å². The van der Waals surface area contributed by atoms with E-state index in [4.69, 9.17) is 16.2 Å². The van der Waals surface area contributed by atoms with E-state index >= 15 is 0 Å². The van der Waals surface area contributed by atoms with Gasteiger partial charge in [-0.1, -0.05) is 0 Å². The quantitative estimate of drug-likeness (QED) is 0.805. The zero-order valence-electron chi connectivity index (χ0n) is 7.87. The summed E-state index contributed by atoms with van der Waals surface area (Å²) in [5, 5.41) is 0. The van der Waals surface area contributed by atoms with Crippen LogP contribution in [0.4, 0.5) is 4.39 Å². The summed E-state index contributed by atoms with van der Waals surface area (Å²) in [7, 11) is 1.51. The van der Waals surface area contributed by atoms with Gasteiger partial charge in [0.1, 0.15) is 11.6 Å². The van der Waals surface area contributed by atoms with Gasteiger partial charge in [-0.05, 0) is 18.2 Å². The Balaban J connectivity index is 0.00000169. The third-order valence-electron chi connectivity index (χ3n) is 1.85. The molecule has 5 heteroatoms. The zero-order valence-corrected chi connectivity index (χ0v) is 8.68. The van der Waals surface area contributed by atoms with E-state index in [1.54, 1.807) is 6.07 Å². The molecule has 0 heterocycles. The van der Waals surface area contributed by atoms with E-state index in [1.807, 2.05) is 0 Å². The summed E-state index contributed by atoms with van der Waals surface area (Å²) >= 11 is 0. The molecule has 0 fully saturated rings. The third-order valence-corrected chi connectivity index (χ3v) is 1.85. The van der Waals surface area contributed by atoms with Crippen molar-refractivity contribution in [3.05, 3.63) is 29.6 Å². The molecule has 1 aromatic carbocycles. The Kier molecular flexibility index (Phi) is 5.45. The maximum atomic E-state index is 12.8. The second-order valence-electron chi connectivity index (χ2n) is 2.73. The van der Waals surface area contributed by atoms with E-state index in [0.717, 1.165) is 0 Å². The lowest BCUT2D eigenvalue weighted by molar-refractivity contribution is 0.404. The third kappa shape index (κ3) is 2.83. The molecule has 0 aromatic heterocycles. The first-order valence-electron chi connectivity index (χ1n) is 3.98. The molecule has 0 spiro atoms. The molecule has 0 amide bonds. The maximum Gasteiger partial charge on any atom is 0.123 e. The molecule has 1 rings (SSSR count). The smallest absolute Gasteiger partial charge is 0.123 e.